The summed E-state index contributed by atoms with van der Waals surface area (Å²) < 4.78 is 0. The second-order valence-corrected chi connectivity index (χ2v) is 4.46. The third-order valence-electron chi connectivity index (χ3n) is 1.13. The SMILES string of the molecule is [CH2]Cc1ccccc1.[Cl][Mg][Cl]. The summed E-state index contributed by atoms with van der Waals surface area (Å²) in [7, 11) is 9.81. The zero-order valence-electron chi connectivity index (χ0n) is 6.26. The highest BCUT2D eigenvalue weighted by Crippen LogP contribution is 1.96. The second-order valence-electron chi connectivity index (χ2n) is 1.84. The highest BCUT2D eigenvalue weighted by Gasteiger charge is 1.80. The highest BCUT2D eigenvalue weighted by atomic mass is 35.6. The smallest absolute Gasteiger partial charge is 0.309 e. The molecule has 0 spiro atoms. The Hall–Kier alpha value is 0.566. The summed E-state index contributed by atoms with van der Waals surface area (Å²) in [6.07, 6.45) is 0.890. The molecule has 0 bridgehead atoms. The minimum Gasteiger partial charge on any atom is -0.309 e. The second kappa shape index (κ2) is 8.66. The van der Waals surface area contributed by atoms with Gasteiger partial charge in [-0.15, -0.1) is 0 Å². The molecule has 0 aliphatic rings. The molecule has 0 aliphatic carbocycles. The molecule has 0 heterocycles. The van der Waals surface area contributed by atoms with Crippen LogP contribution >= 0.6 is 18.1 Å². The maximum atomic E-state index is 4.90. The van der Waals surface area contributed by atoms with Crippen LogP contribution in [0.3, 0.4) is 0 Å². The van der Waals surface area contributed by atoms with Gasteiger partial charge in [-0.2, -0.15) is 0 Å². The Morgan fingerprint density at radius 2 is 1.64 bits per heavy atom. The van der Waals surface area contributed by atoms with Crippen LogP contribution in [-0.2, 0) is 6.42 Å². The van der Waals surface area contributed by atoms with Crippen LogP contribution in [0.5, 0.6) is 0 Å². The fourth-order valence-electron chi connectivity index (χ4n) is 0.645. The van der Waals surface area contributed by atoms with Crippen molar-refractivity contribution in [1.82, 2.24) is 0 Å². The molecule has 0 atom stereocenters. The molecular formula is C8H9Cl2Mg. The topological polar surface area (TPSA) is 0 Å². The van der Waals surface area contributed by atoms with Crippen LogP contribution in [0.4, 0.5) is 0 Å². The summed E-state index contributed by atoms with van der Waals surface area (Å²) in [6, 6.07) is 10.2. The third kappa shape index (κ3) is 6.94. The Morgan fingerprint density at radius 1 is 1.18 bits per heavy atom. The molecule has 0 aromatic heterocycles. The van der Waals surface area contributed by atoms with Gasteiger partial charge in [0.1, 0.15) is 0 Å². The number of hydrogen-bond donors (Lipinski definition) is 0. The van der Waals surface area contributed by atoms with Gasteiger partial charge in [0, 0.05) is 0 Å². The van der Waals surface area contributed by atoms with E-state index in [9.17, 15) is 0 Å². The Morgan fingerprint density at radius 3 is 1.91 bits per heavy atom. The first-order chi connectivity index (χ1) is 5.35. The van der Waals surface area contributed by atoms with Gasteiger partial charge in [0.05, 0.1) is 0 Å². The molecule has 11 heavy (non-hydrogen) atoms. The molecular weight excluding hydrogens is 191 g/mol. The zero-order chi connectivity index (χ0) is 8.53. The van der Waals surface area contributed by atoms with Gasteiger partial charge in [0.2, 0.25) is 0 Å². The van der Waals surface area contributed by atoms with Crippen LogP contribution in [0.15, 0.2) is 30.3 Å². The van der Waals surface area contributed by atoms with E-state index in [1.807, 2.05) is 18.2 Å². The van der Waals surface area contributed by atoms with Crippen LogP contribution in [0, 0.1) is 6.92 Å². The van der Waals surface area contributed by atoms with Gasteiger partial charge in [-0.05, 0) is 18.9 Å². The van der Waals surface area contributed by atoms with Gasteiger partial charge in [-0.1, -0.05) is 30.3 Å². The highest BCUT2D eigenvalue weighted by molar-refractivity contribution is 7.22. The van der Waals surface area contributed by atoms with Crippen molar-refractivity contribution in [2.24, 2.45) is 0 Å². The van der Waals surface area contributed by atoms with Gasteiger partial charge in [-0.25, -0.2) is 0 Å². The standard InChI is InChI=1S/C8H9.2ClH.Mg/c1-2-8-6-4-3-5-7-8;;;/h3-7H,1-2H2;2*1H;/q;;;+2/p-2. The average molecular weight is 200 g/mol. The van der Waals surface area contributed by atoms with Gasteiger partial charge in [0.25, 0.3) is 0 Å². The first-order valence-corrected chi connectivity index (χ1v) is 7.57. The predicted molar refractivity (Wildman–Crippen MR) is 53.0 cm³/mol. The molecule has 0 nitrogen and oxygen atoms in total. The van der Waals surface area contributed by atoms with Gasteiger partial charge >= 0.3 is 18.2 Å². The predicted octanol–water partition coefficient (Wildman–Crippen LogP) is 3.06. The lowest BCUT2D eigenvalue weighted by Crippen LogP contribution is -1.74. The molecule has 0 N–H and O–H groups in total. The number of benzene rings is 1. The number of halogens is 2. The molecule has 1 aromatic carbocycles. The summed E-state index contributed by atoms with van der Waals surface area (Å²) in [5.74, 6) is 0. The molecule has 0 saturated carbocycles. The van der Waals surface area contributed by atoms with E-state index < -0.39 is 18.2 Å². The molecule has 57 valence electrons. The first kappa shape index (κ1) is 11.6. The summed E-state index contributed by atoms with van der Waals surface area (Å²) in [5.41, 5.74) is 1.30. The van der Waals surface area contributed by atoms with Gasteiger partial charge in [-0.3, -0.25) is 0 Å². The van der Waals surface area contributed by atoms with Crippen molar-refractivity contribution in [3.05, 3.63) is 42.8 Å². The Labute approximate surface area is 85.2 Å². The van der Waals surface area contributed by atoms with Gasteiger partial charge in [0.15, 0.2) is 0 Å². The maximum absolute atomic E-state index is 4.90. The van der Waals surface area contributed by atoms with Crippen LogP contribution in [0.1, 0.15) is 5.56 Å². The lowest BCUT2D eigenvalue weighted by atomic mass is 10.2. The Bertz CT molecular complexity index is 165. The van der Waals surface area contributed by atoms with E-state index in [-0.39, 0.29) is 0 Å². The summed E-state index contributed by atoms with van der Waals surface area (Å²) in [4.78, 5) is 0. The molecule has 0 fully saturated rings. The quantitative estimate of drug-likeness (QED) is 0.611. The van der Waals surface area contributed by atoms with E-state index in [1.165, 1.54) is 5.56 Å². The molecule has 0 unspecified atom stereocenters. The van der Waals surface area contributed by atoms with Crippen molar-refractivity contribution in [1.29, 1.82) is 0 Å². The van der Waals surface area contributed by atoms with Crippen molar-refractivity contribution < 1.29 is 0 Å². The van der Waals surface area contributed by atoms with E-state index in [0.717, 1.165) is 6.42 Å². The van der Waals surface area contributed by atoms with E-state index in [0.29, 0.717) is 0 Å². The minimum absolute atomic E-state index is 0.639. The summed E-state index contributed by atoms with van der Waals surface area (Å²) in [5, 5.41) is 0. The molecule has 1 radical (unpaired) electrons. The lowest BCUT2D eigenvalue weighted by molar-refractivity contribution is 1.27. The van der Waals surface area contributed by atoms with E-state index in [2.05, 4.69) is 19.1 Å². The van der Waals surface area contributed by atoms with E-state index in [4.69, 9.17) is 18.1 Å². The zero-order valence-corrected chi connectivity index (χ0v) is 9.19. The molecule has 0 saturated heterocycles. The van der Waals surface area contributed by atoms with Crippen molar-refractivity contribution >= 4 is 36.3 Å². The molecule has 0 amide bonds. The first-order valence-electron chi connectivity index (χ1n) is 3.30. The van der Waals surface area contributed by atoms with Crippen LogP contribution in [-0.4, -0.2) is 18.2 Å². The largest absolute Gasteiger partial charge is 0.618 e. The Kier molecular flexibility index (Phi) is 9.11. The summed E-state index contributed by atoms with van der Waals surface area (Å²) in [6.45, 7) is 3.76. The van der Waals surface area contributed by atoms with E-state index >= 15 is 0 Å². The normalized spacial score (nSPS) is 7.55. The van der Waals surface area contributed by atoms with Crippen LogP contribution in [0.25, 0.3) is 0 Å². The minimum atomic E-state index is -0.639. The molecule has 0 aliphatic heterocycles. The average Bonchev–Trinajstić information content (AvgIpc) is 2.08. The van der Waals surface area contributed by atoms with Crippen molar-refractivity contribution in [3.63, 3.8) is 0 Å². The lowest BCUT2D eigenvalue weighted by Gasteiger charge is -1.89. The monoisotopic (exact) mass is 199 g/mol. The molecule has 1 rings (SSSR count). The number of hydrogen-bond acceptors (Lipinski definition) is 0. The third-order valence-corrected chi connectivity index (χ3v) is 1.13. The summed E-state index contributed by atoms with van der Waals surface area (Å²) >= 11 is -0.639. The van der Waals surface area contributed by atoms with Crippen LogP contribution < -0.4 is 0 Å². The Balaban J connectivity index is 0.000000292. The van der Waals surface area contributed by atoms with Crippen LogP contribution in [0.2, 0.25) is 0 Å². The van der Waals surface area contributed by atoms with Crippen molar-refractivity contribution in [3.8, 4) is 0 Å². The van der Waals surface area contributed by atoms with Crippen molar-refractivity contribution in [2.45, 2.75) is 6.42 Å². The fraction of sp³-hybridized carbons (Fsp3) is 0.125. The van der Waals surface area contributed by atoms with Crippen molar-refractivity contribution in [2.75, 3.05) is 0 Å². The fourth-order valence-corrected chi connectivity index (χ4v) is 0.645. The van der Waals surface area contributed by atoms with E-state index in [1.54, 1.807) is 0 Å². The van der Waals surface area contributed by atoms with Gasteiger partial charge < -0.3 is 18.1 Å². The number of rotatable bonds is 1. The molecule has 1 aromatic rings. The molecule has 3 heteroatoms. The maximum Gasteiger partial charge on any atom is 0.618 e.